The third-order valence-corrected chi connectivity index (χ3v) is 7.07. The molecule has 4 aromatic carbocycles. The van der Waals surface area contributed by atoms with Crippen LogP contribution in [0.15, 0.2) is 114 Å². The SMILES string of the molecule is c1ccc2c(c1)B1N(c3ccccc3N1c1cccc3c1oc1ccccc13)c1cccnc1-2. The summed E-state index contributed by atoms with van der Waals surface area (Å²) in [5.41, 5.74) is 9.77. The van der Waals surface area contributed by atoms with E-state index in [0.717, 1.165) is 44.7 Å². The number of anilines is 4. The molecule has 0 aliphatic carbocycles. The smallest absolute Gasteiger partial charge is 0.421 e. The molecule has 6 aromatic rings. The van der Waals surface area contributed by atoms with Crippen molar-refractivity contribution in [2.75, 3.05) is 9.62 Å². The molecule has 0 bridgehead atoms. The van der Waals surface area contributed by atoms with Gasteiger partial charge < -0.3 is 14.0 Å². The van der Waals surface area contributed by atoms with Crippen molar-refractivity contribution in [2.45, 2.75) is 0 Å². The van der Waals surface area contributed by atoms with E-state index in [0.29, 0.717) is 0 Å². The Kier molecular flexibility index (Phi) is 3.45. The molecule has 0 saturated heterocycles. The summed E-state index contributed by atoms with van der Waals surface area (Å²) in [5.74, 6) is 0. The van der Waals surface area contributed by atoms with E-state index in [1.54, 1.807) is 0 Å². The summed E-state index contributed by atoms with van der Waals surface area (Å²) in [6, 6.07) is 36.2. The number of para-hydroxylation sites is 4. The van der Waals surface area contributed by atoms with Gasteiger partial charge in [0.25, 0.3) is 0 Å². The van der Waals surface area contributed by atoms with Crippen molar-refractivity contribution < 1.29 is 4.42 Å². The fourth-order valence-corrected chi connectivity index (χ4v) is 5.71. The molecule has 0 unspecified atom stereocenters. The molecule has 2 aromatic heterocycles. The number of aromatic nitrogens is 1. The van der Waals surface area contributed by atoms with Crippen molar-refractivity contribution in [3.63, 3.8) is 0 Å². The van der Waals surface area contributed by atoms with Crippen molar-refractivity contribution in [2.24, 2.45) is 0 Å². The first-order chi connectivity index (χ1) is 16.9. The van der Waals surface area contributed by atoms with Crippen LogP contribution in [0.25, 0.3) is 33.2 Å². The number of hydrogen-bond donors (Lipinski definition) is 0. The Morgan fingerprint density at radius 1 is 0.588 bits per heavy atom. The molecule has 8 rings (SSSR count). The minimum atomic E-state index is -0.0379. The van der Waals surface area contributed by atoms with Gasteiger partial charge in [0.2, 0.25) is 0 Å². The monoisotopic (exact) mass is 435 g/mol. The first-order valence-electron chi connectivity index (χ1n) is 11.5. The zero-order valence-corrected chi connectivity index (χ0v) is 18.2. The molecule has 2 aliphatic heterocycles. The van der Waals surface area contributed by atoms with Gasteiger partial charge in [-0.25, -0.2) is 0 Å². The van der Waals surface area contributed by atoms with Crippen LogP contribution >= 0.6 is 0 Å². The Balaban J connectivity index is 1.47. The van der Waals surface area contributed by atoms with Gasteiger partial charge in [0.1, 0.15) is 5.58 Å². The second-order valence-electron chi connectivity index (χ2n) is 8.81. The molecular weight excluding hydrogens is 417 g/mol. The standard InChI is InChI=1S/C29H18BN3O/c1-3-12-22-21(10-1)28-25(16-8-18-31-28)32-23-13-4-5-14-24(23)33(30(22)32)26-15-7-11-20-19-9-2-6-17-27(19)34-29(20)26/h1-18H. The second-order valence-corrected chi connectivity index (χ2v) is 8.81. The average Bonchev–Trinajstić information content (AvgIpc) is 3.45. The second kappa shape index (κ2) is 6.52. The van der Waals surface area contributed by atoms with Gasteiger partial charge in [0.05, 0.1) is 28.4 Å². The minimum absolute atomic E-state index is 0.0379. The molecule has 4 nitrogen and oxygen atoms in total. The van der Waals surface area contributed by atoms with Gasteiger partial charge in [0, 0.05) is 22.5 Å². The van der Waals surface area contributed by atoms with Crippen LogP contribution in [-0.4, -0.2) is 12.0 Å². The molecule has 0 N–H and O–H groups in total. The van der Waals surface area contributed by atoms with Crippen LogP contribution in [0, 0.1) is 0 Å². The lowest BCUT2D eigenvalue weighted by molar-refractivity contribution is 0.669. The lowest BCUT2D eigenvalue weighted by Gasteiger charge is -2.35. The van der Waals surface area contributed by atoms with Crippen LogP contribution in [-0.2, 0) is 0 Å². The molecule has 0 spiro atoms. The Morgan fingerprint density at radius 3 is 2.18 bits per heavy atom. The molecular formula is C29H18BN3O. The van der Waals surface area contributed by atoms with Gasteiger partial charge in [-0.3, -0.25) is 4.98 Å². The molecule has 158 valence electrons. The largest absolute Gasteiger partial charge is 0.454 e. The highest BCUT2D eigenvalue weighted by Crippen LogP contribution is 2.51. The maximum atomic E-state index is 6.48. The number of furan rings is 1. The van der Waals surface area contributed by atoms with Crippen LogP contribution in [0.3, 0.4) is 0 Å². The predicted molar refractivity (Wildman–Crippen MR) is 140 cm³/mol. The molecule has 0 amide bonds. The molecule has 2 aliphatic rings. The third kappa shape index (κ3) is 2.21. The molecule has 0 saturated carbocycles. The van der Waals surface area contributed by atoms with Crippen molar-refractivity contribution in [3.8, 4) is 11.3 Å². The maximum absolute atomic E-state index is 6.48. The van der Waals surface area contributed by atoms with Crippen molar-refractivity contribution in [3.05, 3.63) is 109 Å². The number of fused-ring (bicyclic) bond motifs is 11. The van der Waals surface area contributed by atoms with Gasteiger partial charge in [0.15, 0.2) is 5.58 Å². The van der Waals surface area contributed by atoms with E-state index in [9.17, 15) is 0 Å². The zero-order valence-electron chi connectivity index (χ0n) is 18.2. The summed E-state index contributed by atoms with van der Waals surface area (Å²) in [6.45, 7) is -0.0379. The van der Waals surface area contributed by atoms with Crippen LogP contribution in [0.5, 0.6) is 0 Å². The average molecular weight is 435 g/mol. The normalized spacial score (nSPS) is 13.7. The van der Waals surface area contributed by atoms with Gasteiger partial charge in [-0.15, -0.1) is 0 Å². The summed E-state index contributed by atoms with van der Waals surface area (Å²) >= 11 is 0. The van der Waals surface area contributed by atoms with E-state index in [2.05, 4.69) is 94.6 Å². The van der Waals surface area contributed by atoms with Crippen molar-refractivity contribution in [1.82, 2.24) is 4.98 Å². The van der Waals surface area contributed by atoms with E-state index in [-0.39, 0.29) is 6.98 Å². The topological polar surface area (TPSA) is 32.5 Å². The summed E-state index contributed by atoms with van der Waals surface area (Å²) in [7, 11) is 0. The number of benzene rings is 4. The Labute approximate surface area is 196 Å². The summed E-state index contributed by atoms with van der Waals surface area (Å²) in [5, 5.41) is 2.28. The van der Waals surface area contributed by atoms with Crippen LogP contribution in [0.4, 0.5) is 22.7 Å². The minimum Gasteiger partial charge on any atom is -0.454 e. The number of rotatable bonds is 1. The zero-order chi connectivity index (χ0) is 22.2. The summed E-state index contributed by atoms with van der Waals surface area (Å²) in [6.07, 6.45) is 1.88. The summed E-state index contributed by atoms with van der Waals surface area (Å²) in [4.78, 5) is 9.64. The highest BCUT2D eigenvalue weighted by atomic mass is 16.3. The lowest BCUT2D eigenvalue weighted by atomic mass is 9.60. The van der Waals surface area contributed by atoms with E-state index in [4.69, 9.17) is 9.40 Å². The van der Waals surface area contributed by atoms with Crippen molar-refractivity contribution in [1.29, 1.82) is 0 Å². The Morgan fingerprint density at radius 2 is 1.26 bits per heavy atom. The molecule has 0 radical (unpaired) electrons. The first-order valence-corrected chi connectivity index (χ1v) is 11.5. The highest BCUT2D eigenvalue weighted by molar-refractivity contribution is 6.86. The molecule has 5 heteroatoms. The van der Waals surface area contributed by atoms with E-state index in [1.807, 2.05) is 24.4 Å². The fourth-order valence-electron chi connectivity index (χ4n) is 5.71. The molecule has 0 fully saturated rings. The highest BCUT2D eigenvalue weighted by Gasteiger charge is 2.48. The summed E-state index contributed by atoms with van der Waals surface area (Å²) < 4.78 is 6.48. The quantitative estimate of drug-likeness (QED) is 0.271. The van der Waals surface area contributed by atoms with E-state index in [1.165, 1.54) is 16.7 Å². The Bertz CT molecular complexity index is 1760. The Hall–Kier alpha value is -4.51. The van der Waals surface area contributed by atoms with Crippen LogP contribution < -0.4 is 15.1 Å². The maximum Gasteiger partial charge on any atom is 0.421 e. The number of pyridine rings is 1. The number of nitrogens with zero attached hydrogens (tertiary/aromatic N) is 3. The number of hydrogen-bond acceptors (Lipinski definition) is 4. The molecule has 4 heterocycles. The van der Waals surface area contributed by atoms with Crippen LogP contribution in [0.2, 0.25) is 0 Å². The lowest BCUT2D eigenvalue weighted by Crippen LogP contribution is -2.55. The fraction of sp³-hybridized carbons (Fsp3) is 0. The van der Waals surface area contributed by atoms with Gasteiger partial charge >= 0.3 is 6.98 Å². The predicted octanol–water partition coefficient (Wildman–Crippen LogP) is 6.65. The van der Waals surface area contributed by atoms with E-state index < -0.39 is 0 Å². The van der Waals surface area contributed by atoms with Crippen molar-refractivity contribution >= 4 is 57.1 Å². The molecule has 0 atom stereocenters. The third-order valence-electron chi connectivity index (χ3n) is 7.07. The van der Waals surface area contributed by atoms with Gasteiger partial charge in [-0.1, -0.05) is 66.7 Å². The van der Waals surface area contributed by atoms with Gasteiger partial charge in [-0.05, 0) is 41.9 Å². The van der Waals surface area contributed by atoms with E-state index >= 15 is 0 Å². The van der Waals surface area contributed by atoms with Crippen LogP contribution in [0.1, 0.15) is 0 Å². The molecule has 34 heavy (non-hydrogen) atoms. The van der Waals surface area contributed by atoms with Gasteiger partial charge in [-0.2, -0.15) is 0 Å². The first kappa shape index (κ1) is 18.0.